The van der Waals surface area contributed by atoms with E-state index in [2.05, 4.69) is 11.4 Å². The smallest absolute Gasteiger partial charge is 0.254 e. The molecule has 0 aliphatic carbocycles. The Morgan fingerprint density at radius 3 is 2.81 bits per heavy atom. The number of thiazole rings is 1. The highest BCUT2D eigenvalue weighted by atomic mass is 32.1. The van der Waals surface area contributed by atoms with Crippen LogP contribution < -0.4 is 5.32 Å². The molecule has 1 saturated heterocycles. The first-order valence-corrected chi connectivity index (χ1v) is 9.97. The van der Waals surface area contributed by atoms with E-state index < -0.39 is 0 Å². The molecule has 0 bridgehead atoms. The van der Waals surface area contributed by atoms with Gasteiger partial charge in [-0.1, -0.05) is 18.2 Å². The largest absolute Gasteiger partial charge is 0.329 e. The number of likely N-dealkylation sites (tertiary alicyclic amines) is 1. The van der Waals surface area contributed by atoms with Gasteiger partial charge in [-0.3, -0.25) is 9.59 Å². The van der Waals surface area contributed by atoms with E-state index in [4.69, 9.17) is 4.98 Å². The number of rotatable bonds is 3. The Kier molecular flexibility index (Phi) is 4.90. The highest BCUT2D eigenvalue weighted by Crippen LogP contribution is 2.36. The van der Waals surface area contributed by atoms with Crippen LogP contribution in [0.15, 0.2) is 48.5 Å². The number of carbonyl (C=O) groups excluding carboxylic acids is 2. The van der Waals surface area contributed by atoms with Gasteiger partial charge in [0.25, 0.3) is 5.91 Å². The SMILES string of the molecule is CC(=O)Nc1cccc(C(=O)N2CCCCC2c2nc3ccccc3s2)c1. The summed E-state index contributed by atoms with van der Waals surface area (Å²) in [6.07, 6.45) is 3.02. The summed E-state index contributed by atoms with van der Waals surface area (Å²) < 4.78 is 1.15. The molecule has 1 N–H and O–H groups in total. The average molecular weight is 379 g/mol. The number of piperidine rings is 1. The lowest BCUT2D eigenvalue weighted by molar-refractivity contribution is -0.114. The monoisotopic (exact) mass is 379 g/mol. The van der Waals surface area contributed by atoms with Crippen molar-refractivity contribution in [1.29, 1.82) is 0 Å². The van der Waals surface area contributed by atoms with Crippen LogP contribution >= 0.6 is 11.3 Å². The molecule has 2 aromatic carbocycles. The third-order valence-electron chi connectivity index (χ3n) is 4.79. The van der Waals surface area contributed by atoms with E-state index in [0.29, 0.717) is 11.3 Å². The summed E-state index contributed by atoms with van der Waals surface area (Å²) in [5, 5.41) is 3.75. The molecule has 0 radical (unpaired) electrons. The normalized spacial score (nSPS) is 17.1. The summed E-state index contributed by atoms with van der Waals surface area (Å²) in [6.45, 7) is 2.19. The van der Waals surface area contributed by atoms with Crippen LogP contribution in [-0.2, 0) is 4.79 Å². The fourth-order valence-electron chi connectivity index (χ4n) is 3.56. The molecule has 138 valence electrons. The highest BCUT2D eigenvalue weighted by molar-refractivity contribution is 7.18. The van der Waals surface area contributed by atoms with Gasteiger partial charge in [-0.05, 0) is 49.6 Å². The lowest BCUT2D eigenvalue weighted by Crippen LogP contribution is -2.38. The summed E-state index contributed by atoms with van der Waals surface area (Å²) in [4.78, 5) is 31.3. The topological polar surface area (TPSA) is 62.3 Å². The van der Waals surface area contributed by atoms with Gasteiger partial charge in [-0.15, -0.1) is 11.3 Å². The quantitative estimate of drug-likeness (QED) is 0.722. The van der Waals surface area contributed by atoms with Crippen LogP contribution in [0.3, 0.4) is 0 Å². The number of hydrogen-bond acceptors (Lipinski definition) is 4. The molecule has 2 amide bonds. The second-order valence-electron chi connectivity index (χ2n) is 6.79. The molecule has 6 heteroatoms. The van der Waals surface area contributed by atoms with E-state index in [1.54, 1.807) is 35.6 Å². The van der Waals surface area contributed by atoms with Crippen LogP contribution in [-0.4, -0.2) is 28.2 Å². The second kappa shape index (κ2) is 7.48. The zero-order valence-electron chi connectivity index (χ0n) is 15.1. The fraction of sp³-hybridized carbons (Fsp3) is 0.286. The number of nitrogens with one attached hydrogen (secondary N) is 1. The predicted molar refractivity (Wildman–Crippen MR) is 108 cm³/mol. The van der Waals surface area contributed by atoms with Gasteiger partial charge in [0.1, 0.15) is 5.01 Å². The first kappa shape index (κ1) is 17.7. The zero-order chi connectivity index (χ0) is 18.8. The van der Waals surface area contributed by atoms with Gasteiger partial charge in [0.05, 0.1) is 16.3 Å². The molecule has 1 aromatic heterocycles. The molecule has 27 heavy (non-hydrogen) atoms. The van der Waals surface area contributed by atoms with Gasteiger partial charge in [0.15, 0.2) is 0 Å². The van der Waals surface area contributed by atoms with Crippen molar-refractivity contribution >= 4 is 39.1 Å². The van der Waals surface area contributed by atoms with Crippen LogP contribution in [0.5, 0.6) is 0 Å². The minimum atomic E-state index is -0.148. The Balaban J connectivity index is 1.64. The second-order valence-corrected chi connectivity index (χ2v) is 7.85. The number of amides is 2. The number of benzene rings is 2. The van der Waals surface area contributed by atoms with Gasteiger partial charge >= 0.3 is 0 Å². The first-order valence-electron chi connectivity index (χ1n) is 9.16. The molecular weight excluding hydrogens is 358 g/mol. The maximum atomic E-state index is 13.2. The molecule has 3 aromatic rings. The van der Waals surface area contributed by atoms with Gasteiger partial charge in [-0.2, -0.15) is 0 Å². The Labute approximate surface area is 162 Å². The average Bonchev–Trinajstić information content (AvgIpc) is 3.11. The lowest BCUT2D eigenvalue weighted by Gasteiger charge is -2.34. The van der Waals surface area contributed by atoms with Crippen LogP contribution in [0.4, 0.5) is 5.69 Å². The molecule has 5 nitrogen and oxygen atoms in total. The minimum Gasteiger partial charge on any atom is -0.329 e. The number of para-hydroxylation sites is 1. The molecule has 0 spiro atoms. The molecule has 1 unspecified atom stereocenters. The number of nitrogens with zero attached hydrogens (tertiary/aromatic N) is 2. The number of carbonyl (C=O) groups is 2. The molecule has 2 heterocycles. The summed E-state index contributed by atoms with van der Waals surface area (Å²) in [5.74, 6) is -0.156. The van der Waals surface area contributed by atoms with Crippen molar-refractivity contribution in [3.05, 3.63) is 59.1 Å². The summed E-state index contributed by atoms with van der Waals surface area (Å²) >= 11 is 1.67. The van der Waals surface area contributed by atoms with Crippen LogP contribution in [0, 0.1) is 0 Å². The van der Waals surface area contributed by atoms with Crippen molar-refractivity contribution in [2.75, 3.05) is 11.9 Å². The Morgan fingerprint density at radius 1 is 1.15 bits per heavy atom. The van der Waals surface area contributed by atoms with Crippen LogP contribution in [0.1, 0.15) is 47.6 Å². The van der Waals surface area contributed by atoms with Gasteiger partial charge in [0.2, 0.25) is 5.91 Å². The Hall–Kier alpha value is -2.73. The number of anilines is 1. The minimum absolute atomic E-state index is 0.00747. The highest BCUT2D eigenvalue weighted by Gasteiger charge is 2.31. The van der Waals surface area contributed by atoms with Crippen LogP contribution in [0.2, 0.25) is 0 Å². The summed E-state index contributed by atoms with van der Waals surface area (Å²) in [5.41, 5.74) is 2.22. The molecular formula is C21H21N3O2S. The third-order valence-corrected chi connectivity index (χ3v) is 5.93. The number of hydrogen-bond donors (Lipinski definition) is 1. The van der Waals surface area contributed by atoms with Crippen molar-refractivity contribution in [1.82, 2.24) is 9.88 Å². The number of aromatic nitrogens is 1. The Bertz CT molecular complexity index is 965. The van der Waals surface area contributed by atoms with Gasteiger partial charge < -0.3 is 10.2 Å². The van der Waals surface area contributed by atoms with Crippen molar-refractivity contribution in [2.24, 2.45) is 0 Å². The van der Waals surface area contributed by atoms with Crippen LogP contribution in [0.25, 0.3) is 10.2 Å². The third kappa shape index (κ3) is 3.71. The van der Waals surface area contributed by atoms with E-state index >= 15 is 0 Å². The van der Waals surface area contributed by atoms with Crippen molar-refractivity contribution in [3.63, 3.8) is 0 Å². The van der Waals surface area contributed by atoms with E-state index in [0.717, 1.165) is 41.0 Å². The fourth-order valence-corrected chi connectivity index (χ4v) is 4.68. The van der Waals surface area contributed by atoms with E-state index in [1.807, 2.05) is 23.1 Å². The molecule has 4 rings (SSSR count). The zero-order valence-corrected chi connectivity index (χ0v) is 16.0. The summed E-state index contributed by atoms with van der Waals surface area (Å²) in [6, 6.07) is 15.2. The van der Waals surface area contributed by atoms with E-state index in [-0.39, 0.29) is 17.9 Å². The number of fused-ring (bicyclic) bond motifs is 1. The maximum Gasteiger partial charge on any atom is 0.254 e. The molecule has 1 aliphatic rings. The lowest BCUT2D eigenvalue weighted by atomic mass is 10.0. The van der Waals surface area contributed by atoms with Crippen molar-refractivity contribution < 1.29 is 9.59 Å². The van der Waals surface area contributed by atoms with Crippen molar-refractivity contribution in [2.45, 2.75) is 32.2 Å². The van der Waals surface area contributed by atoms with Crippen molar-refractivity contribution in [3.8, 4) is 0 Å². The standard InChI is InChI=1S/C21H21N3O2S/c1-14(25)22-16-8-6-7-15(13-16)21(26)24-12-5-4-10-18(24)20-23-17-9-2-3-11-19(17)27-20/h2-3,6-9,11,13,18H,4-5,10,12H2,1H3,(H,22,25). The van der Waals surface area contributed by atoms with E-state index in [1.165, 1.54) is 6.92 Å². The predicted octanol–water partition coefficient (Wildman–Crippen LogP) is 4.62. The van der Waals surface area contributed by atoms with Gasteiger partial charge in [-0.25, -0.2) is 4.98 Å². The Morgan fingerprint density at radius 2 is 2.00 bits per heavy atom. The van der Waals surface area contributed by atoms with E-state index in [9.17, 15) is 9.59 Å². The maximum absolute atomic E-state index is 13.2. The van der Waals surface area contributed by atoms with Gasteiger partial charge in [0, 0.05) is 24.7 Å². The molecule has 1 fully saturated rings. The molecule has 1 aliphatic heterocycles. The molecule has 1 atom stereocenters. The summed E-state index contributed by atoms with van der Waals surface area (Å²) in [7, 11) is 0. The first-order chi connectivity index (χ1) is 13.1. The molecule has 0 saturated carbocycles.